The number of fused-ring (bicyclic) bond motifs is 1. The van der Waals surface area contributed by atoms with Gasteiger partial charge in [0, 0.05) is 4.91 Å². The van der Waals surface area contributed by atoms with Crippen LogP contribution < -0.4 is 11.0 Å². The summed E-state index contributed by atoms with van der Waals surface area (Å²) in [7, 11) is 0.787. The van der Waals surface area contributed by atoms with Crippen LogP contribution in [-0.2, 0) is 0 Å². The predicted octanol–water partition coefficient (Wildman–Crippen LogP) is 11.4. The molecule has 0 amide bonds. The Morgan fingerprint density at radius 3 is 2.50 bits per heavy atom. The van der Waals surface area contributed by atoms with Crippen LogP contribution in [0, 0.1) is 24.2 Å². The molecule has 3 heteroatoms. The van der Waals surface area contributed by atoms with Crippen molar-refractivity contribution in [2.24, 2.45) is 23.0 Å². The molecule has 4 unspecified atom stereocenters. The highest BCUT2D eigenvalue weighted by atomic mass is 32.2. The average Bonchev–Trinajstić information content (AvgIpc) is 3.35. The Bertz CT molecular complexity index is 1200. The minimum absolute atomic E-state index is 0.783. The fourth-order valence-electron chi connectivity index (χ4n) is 7.14. The first-order valence-electron chi connectivity index (χ1n) is 16.5. The lowest BCUT2D eigenvalue weighted by molar-refractivity contribution is -0.136. The summed E-state index contributed by atoms with van der Waals surface area (Å²) < 4.78 is 0. The third kappa shape index (κ3) is 9.20. The highest BCUT2D eigenvalue weighted by Gasteiger charge is 2.56. The maximum absolute atomic E-state index is 5.73. The number of hydrogen-bond donors (Lipinski definition) is 1. The standard InChI is InChI=1S/C30H42NPS.C9H16/c1-7-12-24(6)30(33-22(3)4)21-28-19-27(18-25(28)13-10-9-11-14-31)26-16-23(5)17-29(20-26)32-15-8-2;1-3-9-5-4-8(9)6-7(9)2/h8,12,16-18,20-21,32H,2-3,7,9-11,13-15,19,31H2,1,4-6H3;7-8H,3-6H2,1-2H3/b24-12+,30-21-;. The lowest BCUT2D eigenvalue weighted by atomic mass is 9.42. The van der Waals surface area contributed by atoms with Gasteiger partial charge in [0.25, 0.3) is 0 Å². The van der Waals surface area contributed by atoms with Crippen LogP contribution in [0.2, 0.25) is 0 Å². The number of hydrogen-bond acceptors (Lipinski definition) is 2. The second-order valence-corrected chi connectivity index (χ2v) is 15.5. The Morgan fingerprint density at radius 2 is 1.95 bits per heavy atom. The quantitative estimate of drug-likeness (QED) is 0.0934. The highest BCUT2D eigenvalue weighted by Crippen LogP contribution is 2.66. The van der Waals surface area contributed by atoms with Crippen molar-refractivity contribution in [1.29, 1.82) is 0 Å². The molecule has 4 rings (SSSR count). The van der Waals surface area contributed by atoms with E-state index >= 15 is 0 Å². The molecule has 1 aromatic carbocycles. The maximum Gasteiger partial charge on any atom is 0.0147 e. The van der Waals surface area contributed by atoms with Crippen LogP contribution in [0.5, 0.6) is 0 Å². The van der Waals surface area contributed by atoms with Gasteiger partial charge in [-0.15, -0.1) is 6.58 Å². The van der Waals surface area contributed by atoms with Gasteiger partial charge in [-0.1, -0.05) is 84.5 Å². The lowest BCUT2D eigenvalue weighted by Crippen LogP contribution is -2.54. The molecule has 1 nitrogen and oxygen atoms in total. The van der Waals surface area contributed by atoms with Gasteiger partial charge < -0.3 is 5.73 Å². The molecule has 0 radical (unpaired) electrons. The van der Waals surface area contributed by atoms with Crippen molar-refractivity contribution in [3.8, 4) is 0 Å². The van der Waals surface area contributed by atoms with Crippen LogP contribution in [0.15, 0.2) is 82.2 Å². The van der Waals surface area contributed by atoms with E-state index in [9.17, 15) is 0 Å². The average molecular weight is 604 g/mol. The Morgan fingerprint density at radius 1 is 1.17 bits per heavy atom. The molecule has 0 bridgehead atoms. The highest BCUT2D eigenvalue weighted by molar-refractivity contribution is 8.06. The molecule has 0 saturated heterocycles. The fraction of sp³-hybridized carbons (Fsp3) is 0.538. The van der Waals surface area contributed by atoms with Gasteiger partial charge in [-0.05, 0) is 164 Å². The molecule has 4 atom stereocenters. The summed E-state index contributed by atoms with van der Waals surface area (Å²) in [6.07, 6.45) is 23.0. The third-order valence-electron chi connectivity index (χ3n) is 9.73. The SMILES string of the molecule is C=CCPc1cc(C)cc(C2=CC(CCCCCN)=C(/C=C(SC(=C)C)/C(C)=C/CC)C2)c1.CCC12CCC1CC2C. The Kier molecular flexibility index (Phi) is 14.1. The van der Waals surface area contributed by atoms with Crippen molar-refractivity contribution < 1.29 is 0 Å². The summed E-state index contributed by atoms with van der Waals surface area (Å²) in [4.78, 5) is 2.46. The van der Waals surface area contributed by atoms with Crippen molar-refractivity contribution in [2.45, 2.75) is 106 Å². The van der Waals surface area contributed by atoms with Gasteiger partial charge >= 0.3 is 0 Å². The van der Waals surface area contributed by atoms with E-state index in [0.717, 1.165) is 69.1 Å². The van der Waals surface area contributed by atoms with E-state index in [4.69, 9.17) is 5.73 Å². The van der Waals surface area contributed by atoms with E-state index in [2.05, 4.69) is 91.1 Å². The molecular weight excluding hydrogens is 545 g/mol. The fourth-order valence-corrected chi connectivity index (χ4v) is 8.93. The molecule has 0 spiro atoms. The molecule has 0 heterocycles. The van der Waals surface area contributed by atoms with E-state index in [1.165, 1.54) is 82.2 Å². The van der Waals surface area contributed by atoms with Crippen LogP contribution >= 0.6 is 20.3 Å². The monoisotopic (exact) mass is 603 g/mol. The number of benzene rings is 1. The van der Waals surface area contributed by atoms with Gasteiger partial charge in [-0.3, -0.25) is 0 Å². The second-order valence-electron chi connectivity index (χ2n) is 12.8. The van der Waals surface area contributed by atoms with Crippen LogP contribution in [0.1, 0.15) is 110 Å². The summed E-state index contributed by atoms with van der Waals surface area (Å²) in [6.45, 7) is 22.4. The Balaban J connectivity index is 0.000000449. The summed E-state index contributed by atoms with van der Waals surface area (Å²) >= 11 is 1.80. The van der Waals surface area contributed by atoms with Crippen LogP contribution in [0.4, 0.5) is 0 Å². The van der Waals surface area contributed by atoms with Crippen molar-refractivity contribution in [2.75, 3.05) is 12.7 Å². The zero-order valence-corrected chi connectivity index (χ0v) is 29.4. The zero-order chi connectivity index (χ0) is 30.7. The molecule has 0 aliphatic heterocycles. The van der Waals surface area contributed by atoms with Gasteiger partial charge in [0.05, 0.1) is 0 Å². The molecule has 42 heavy (non-hydrogen) atoms. The van der Waals surface area contributed by atoms with Crippen LogP contribution in [-0.4, -0.2) is 12.7 Å². The van der Waals surface area contributed by atoms with Crippen molar-refractivity contribution in [3.63, 3.8) is 0 Å². The van der Waals surface area contributed by atoms with Gasteiger partial charge in [0.2, 0.25) is 0 Å². The first kappa shape index (κ1) is 34.9. The van der Waals surface area contributed by atoms with E-state index < -0.39 is 0 Å². The van der Waals surface area contributed by atoms with Gasteiger partial charge in [0.1, 0.15) is 0 Å². The van der Waals surface area contributed by atoms with Crippen molar-refractivity contribution in [1.82, 2.24) is 0 Å². The number of aryl methyl sites for hydroxylation is 1. The number of unbranched alkanes of at least 4 members (excludes halogenated alkanes) is 2. The molecule has 1 aromatic rings. The Hall–Kier alpha value is -1.60. The second kappa shape index (κ2) is 17.0. The number of thioether (sulfide) groups is 1. The van der Waals surface area contributed by atoms with Gasteiger partial charge in [-0.2, -0.15) is 0 Å². The molecule has 3 aliphatic carbocycles. The normalized spacial score (nSPS) is 23.6. The van der Waals surface area contributed by atoms with E-state index in [1.807, 2.05) is 6.08 Å². The van der Waals surface area contributed by atoms with Crippen molar-refractivity contribution >= 4 is 31.2 Å². The zero-order valence-electron chi connectivity index (χ0n) is 27.6. The minimum atomic E-state index is 0.783. The minimum Gasteiger partial charge on any atom is -0.330 e. The predicted molar refractivity (Wildman–Crippen MR) is 195 cm³/mol. The van der Waals surface area contributed by atoms with Gasteiger partial charge in [-0.25, -0.2) is 0 Å². The molecule has 2 fully saturated rings. The summed E-state index contributed by atoms with van der Waals surface area (Å²) in [5.41, 5.74) is 15.0. The number of allylic oxidation sites excluding steroid dienone is 9. The smallest absolute Gasteiger partial charge is 0.0147 e. The molecular formula is C39H58NPS. The molecule has 0 aromatic heterocycles. The topological polar surface area (TPSA) is 26.0 Å². The summed E-state index contributed by atoms with van der Waals surface area (Å²) in [5.74, 6) is 2.21. The van der Waals surface area contributed by atoms with Gasteiger partial charge in [0.15, 0.2) is 0 Å². The van der Waals surface area contributed by atoms with Crippen molar-refractivity contribution in [3.05, 3.63) is 93.3 Å². The van der Waals surface area contributed by atoms with E-state index in [1.54, 1.807) is 11.8 Å². The van der Waals surface area contributed by atoms with E-state index in [-0.39, 0.29) is 0 Å². The molecule has 2 N–H and O–H groups in total. The number of rotatable bonds is 15. The molecule has 3 aliphatic rings. The van der Waals surface area contributed by atoms with Crippen LogP contribution in [0.3, 0.4) is 0 Å². The Labute approximate surface area is 265 Å². The van der Waals surface area contributed by atoms with Crippen LogP contribution in [0.25, 0.3) is 5.57 Å². The summed E-state index contributed by atoms with van der Waals surface area (Å²) in [5, 5.41) is 1.43. The first-order valence-corrected chi connectivity index (χ1v) is 18.5. The summed E-state index contributed by atoms with van der Waals surface area (Å²) in [6, 6.07) is 7.06. The largest absolute Gasteiger partial charge is 0.330 e. The first-order chi connectivity index (χ1) is 20.2. The maximum atomic E-state index is 5.73. The van der Waals surface area contributed by atoms with E-state index in [0.29, 0.717) is 0 Å². The third-order valence-corrected chi connectivity index (χ3v) is 11.9. The lowest BCUT2D eigenvalue weighted by Gasteiger charge is -2.63. The molecule has 230 valence electrons. The molecule has 2 saturated carbocycles. The number of nitrogens with two attached hydrogens (primary N) is 1.